The molecule has 3 N–H and O–H groups in total. The number of ether oxygens (including phenoxy) is 1. The van der Waals surface area contributed by atoms with Crippen molar-refractivity contribution in [1.82, 2.24) is 30.0 Å². The number of nitrogen functional groups attached to an aromatic ring is 1. The number of anilines is 1. The highest BCUT2D eigenvalue weighted by Gasteiger charge is 2.23. The first-order chi connectivity index (χ1) is 21.2. The van der Waals surface area contributed by atoms with Crippen LogP contribution in [0.1, 0.15) is 16.8 Å². The van der Waals surface area contributed by atoms with Gasteiger partial charge in [0.05, 0.1) is 11.2 Å². The van der Waals surface area contributed by atoms with Crippen LogP contribution in [0.15, 0.2) is 79.9 Å². The zero-order valence-corrected chi connectivity index (χ0v) is 25.8. The third-order valence-electron chi connectivity index (χ3n) is 7.14. The van der Waals surface area contributed by atoms with Gasteiger partial charge in [0.25, 0.3) is 0 Å². The molecule has 0 bridgehead atoms. The quantitative estimate of drug-likeness (QED) is 0.171. The molecule has 0 aliphatic rings. The highest BCUT2D eigenvalue weighted by Crippen LogP contribution is 2.50. The molecule has 0 aliphatic heterocycles. The Bertz CT molecular complexity index is 2070. The maximum absolute atomic E-state index is 11.7. The second-order valence-electron chi connectivity index (χ2n) is 10.3. The number of hydrogen-bond acceptors (Lipinski definition) is 8. The fraction of sp³-hybridized carbons (Fsp3) is 0.121. The molecule has 4 heterocycles. The Morgan fingerprint density at radius 2 is 1.95 bits per heavy atom. The lowest BCUT2D eigenvalue weighted by Crippen LogP contribution is -2.19. The Hall–Kier alpha value is -5.06. The van der Waals surface area contributed by atoms with Crippen molar-refractivity contribution in [2.75, 3.05) is 5.73 Å². The monoisotopic (exact) mass is 621 g/mol. The van der Waals surface area contributed by atoms with Crippen molar-refractivity contribution in [3.63, 3.8) is 0 Å². The topological polar surface area (TPSA) is 121 Å². The van der Waals surface area contributed by atoms with Gasteiger partial charge in [-0.25, -0.2) is 15.0 Å². The molecule has 1 amide bonds. The second kappa shape index (κ2) is 11.9. The van der Waals surface area contributed by atoms with Crippen LogP contribution in [-0.4, -0.2) is 30.6 Å². The summed E-state index contributed by atoms with van der Waals surface area (Å²) in [6.07, 6.45) is 8.47. The van der Waals surface area contributed by atoms with Crippen LogP contribution in [0.4, 0.5) is 5.82 Å². The lowest BCUT2D eigenvalue weighted by atomic mass is 9.95. The maximum atomic E-state index is 11.7. The van der Waals surface area contributed by atoms with Gasteiger partial charge in [0.15, 0.2) is 0 Å². The van der Waals surface area contributed by atoms with E-state index in [2.05, 4.69) is 51.0 Å². The lowest BCUT2D eigenvalue weighted by Gasteiger charge is -2.13. The van der Waals surface area contributed by atoms with Gasteiger partial charge in [-0.1, -0.05) is 42.4 Å². The molecule has 6 rings (SSSR count). The van der Waals surface area contributed by atoms with E-state index in [0.717, 1.165) is 59.6 Å². The summed E-state index contributed by atoms with van der Waals surface area (Å²) < 4.78 is 8.66. The molecular weight excluding hydrogens is 594 g/mol. The second-order valence-corrected chi connectivity index (χ2v) is 11.7. The third-order valence-corrected chi connectivity index (χ3v) is 8.69. The van der Waals surface area contributed by atoms with E-state index in [4.69, 9.17) is 22.1 Å². The highest BCUT2D eigenvalue weighted by atomic mass is 35.5. The van der Waals surface area contributed by atoms with E-state index in [9.17, 15) is 4.79 Å². The van der Waals surface area contributed by atoms with Crippen molar-refractivity contribution in [2.24, 2.45) is 7.05 Å². The summed E-state index contributed by atoms with van der Waals surface area (Å²) in [5.41, 5.74) is 14.1. The summed E-state index contributed by atoms with van der Waals surface area (Å²) in [6, 6.07) is 13.8. The Labute approximate surface area is 263 Å². The molecule has 11 heteroatoms. The van der Waals surface area contributed by atoms with E-state index in [1.165, 1.54) is 6.08 Å². The maximum Gasteiger partial charge on any atom is 0.322 e. The van der Waals surface area contributed by atoms with Crippen LogP contribution in [0.2, 0.25) is 5.02 Å². The van der Waals surface area contributed by atoms with E-state index in [1.807, 2.05) is 50.6 Å². The number of nitrogens with two attached hydrogens (primary N) is 1. The van der Waals surface area contributed by atoms with Gasteiger partial charge in [-0.3, -0.25) is 9.48 Å². The summed E-state index contributed by atoms with van der Waals surface area (Å²) in [7, 11) is 1.88. The Morgan fingerprint density at radius 1 is 1.11 bits per heavy atom. The normalized spacial score (nSPS) is 11.1. The van der Waals surface area contributed by atoms with Crippen molar-refractivity contribution in [1.29, 1.82) is 0 Å². The molecule has 0 radical (unpaired) electrons. The fourth-order valence-electron chi connectivity index (χ4n) is 5.02. The van der Waals surface area contributed by atoms with Gasteiger partial charge in [0.2, 0.25) is 5.91 Å². The van der Waals surface area contributed by atoms with Gasteiger partial charge in [-0.2, -0.15) is 5.10 Å². The Kier molecular flexibility index (Phi) is 7.86. The molecule has 6 aromatic rings. The number of pyridine rings is 1. The van der Waals surface area contributed by atoms with Crippen LogP contribution in [0.5, 0.6) is 11.8 Å². The summed E-state index contributed by atoms with van der Waals surface area (Å²) >= 11 is 8.44. The molecule has 0 aliphatic carbocycles. The van der Waals surface area contributed by atoms with Crippen LogP contribution in [0, 0.1) is 13.8 Å². The molecular formula is C33H28ClN7O2S. The molecule has 2 aromatic carbocycles. The number of nitrogens with zero attached hydrogens (tertiary/aromatic N) is 5. The number of thiophene rings is 1. The summed E-state index contributed by atoms with van der Waals surface area (Å²) in [5, 5.41) is 8.45. The van der Waals surface area contributed by atoms with Crippen LogP contribution < -0.4 is 15.8 Å². The Morgan fingerprint density at radius 3 is 2.66 bits per heavy atom. The number of aryl methyl sites for hydroxylation is 3. The summed E-state index contributed by atoms with van der Waals surface area (Å²) in [4.78, 5) is 25.9. The summed E-state index contributed by atoms with van der Waals surface area (Å²) in [6.45, 7) is 7.84. The third kappa shape index (κ3) is 5.64. The SMILES string of the molecule is C=CC(=O)NCc1ccc(-c2sc3c(-c4cnn(C)c4)cnc(N)c3c2-c2ccc(Oc3nccc(C)n3)c(Cl)c2)c(C)c1. The minimum absolute atomic E-state index is 0.218. The summed E-state index contributed by atoms with van der Waals surface area (Å²) in [5.74, 6) is 0.630. The van der Waals surface area contributed by atoms with E-state index in [-0.39, 0.29) is 11.9 Å². The molecule has 0 spiro atoms. The van der Waals surface area contributed by atoms with Crippen LogP contribution in [-0.2, 0) is 18.4 Å². The number of carbonyl (C=O) groups is 1. The lowest BCUT2D eigenvalue weighted by molar-refractivity contribution is -0.116. The molecule has 9 nitrogen and oxygen atoms in total. The van der Waals surface area contributed by atoms with E-state index < -0.39 is 0 Å². The van der Waals surface area contributed by atoms with Gasteiger partial charge >= 0.3 is 6.01 Å². The number of hydrogen-bond donors (Lipinski definition) is 2. The van der Waals surface area contributed by atoms with Gasteiger partial charge < -0.3 is 15.8 Å². The first kappa shape index (κ1) is 29.0. The van der Waals surface area contributed by atoms with Gasteiger partial charge in [-0.15, -0.1) is 11.3 Å². The van der Waals surface area contributed by atoms with Crippen LogP contribution >= 0.6 is 22.9 Å². The minimum atomic E-state index is -0.220. The number of nitrogens with one attached hydrogen (secondary N) is 1. The van der Waals surface area contributed by atoms with E-state index >= 15 is 0 Å². The van der Waals surface area contributed by atoms with Gasteiger partial charge in [0.1, 0.15) is 11.6 Å². The zero-order chi connectivity index (χ0) is 31.0. The molecule has 0 fully saturated rings. The first-order valence-electron chi connectivity index (χ1n) is 13.7. The van der Waals surface area contributed by atoms with Crippen molar-refractivity contribution in [3.05, 3.63) is 102 Å². The first-order valence-corrected chi connectivity index (χ1v) is 14.9. The van der Waals surface area contributed by atoms with Crippen molar-refractivity contribution in [3.8, 4) is 44.5 Å². The molecule has 44 heavy (non-hydrogen) atoms. The molecule has 0 saturated heterocycles. The number of carbonyl (C=O) groups excluding carboxylic acids is 1. The molecule has 220 valence electrons. The molecule has 4 aromatic heterocycles. The smallest absolute Gasteiger partial charge is 0.322 e. The van der Waals surface area contributed by atoms with Crippen LogP contribution in [0.25, 0.3) is 42.8 Å². The number of fused-ring (bicyclic) bond motifs is 1. The average molecular weight is 622 g/mol. The van der Waals surface area contributed by atoms with Crippen LogP contribution in [0.3, 0.4) is 0 Å². The molecule has 0 saturated carbocycles. The van der Waals surface area contributed by atoms with E-state index in [0.29, 0.717) is 23.1 Å². The number of benzene rings is 2. The standard InChI is InChI=1S/C33H28ClN7O2S/c1-5-27(42)37-14-20-6-8-23(18(2)12-20)30-28(21-7-9-26(25(34)13-21)43-33-36-11-10-19(3)40-33)29-31(44-30)24(16-38-32(29)35)22-15-39-41(4)17-22/h5-13,15-17H,1,14H2,2-4H3,(H2,35,38)(H,37,42). The molecule has 0 unspecified atom stereocenters. The average Bonchev–Trinajstić information content (AvgIpc) is 3.62. The van der Waals surface area contributed by atoms with E-state index in [1.54, 1.807) is 34.5 Å². The predicted molar refractivity (Wildman–Crippen MR) is 176 cm³/mol. The van der Waals surface area contributed by atoms with Crippen molar-refractivity contribution in [2.45, 2.75) is 20.4 Å². The predicted octanol–water partition coefficient (Wildman–Crippen LogP) is 7.27. The Balaban J connectivity index is 1.52. The number of rotatable bonds is 8. The fourth-order valence-corrected chi connectivity index (χ4v) is 6.69. The van der Waals surface area contributed by atoms with Gasteiger partial charge in [-0.05, 0) is 60.4 Å². The van der Waals surface area contributed by atoms with Crippen molar-refractivity contribution >= 4 is 44.7 Å². The van der Waals surface area contributed by atoms with Gasteiger partial charge in [0, 0.05) is 69.5 Å². The number of halogens is 1. The highest BCUT2D eigenvalue weighted by molar-refractivity contribution is 7.23. The number of amides is 1. The van der Waals surface area contributed by atoms with Crippen molar-refractivity contribution < 1.29 is 9.53 Å². The molecule has 0 atom stereocenters. The minimum Gasteiger partial charge on any atom is -0.423 e. The zero-order valence-electron chi connectivity index (χ0n) is 24.3. The number of aromatic nitrogens is 5. The largest absolute Gasteiger partial charge is 0.423 e.